The van der Waals surface area contributed by atoms with Gasteiger partial charge in [0.1, 0.15) is 22.9 Å². The van der Waals surface area contributed by atoms with Crippen LogP contribution in [0.1, 0.15) is 16.8 Å². The summed E-state index contributed by atoms with van der Waals surface area (Å²) in [5.74, 6) is 4.80. The Labute approximate surface area is 226 Å². The van der Waals surface area contributed by atoms with Crippen molar-refractivity contribution in [1.82, 2.24) is 15.2 Å². The van der Waals surface area contributed by atoms with Crippen molar-refractivity contribution in [1.29, 1.82) is 5.26 Å². The Bertz CT molecular complexity index is 1760. The monoisotopic (exact) mass is 509 g/mol. The second-order valence-corrected chi connectivity index (χ2v) is 8.59. The van der Waals surface area contributed by atoms with Crippen LogP contribution < -0.4 is 14.8 Å². The Hall–Kier alpha value is -5.66. The summed E-state index contributed by atoms with van der Waals surface area (Å²) >= 11 is 0. The summed E-state index contributed by atoms with van der Waals surface area (Å²) in [4.78, 5) is 4.40. The second-order valence-electron chi connectivity index (χ2n) is 8.59. The van der Waals surface area contributed by atoms with Gasteiger partial charge < -0.3 is 14.8 Å². The number of nitrogens with one attached hydrogen (secondary N) is 1. The van der Waals surface area contributed by atoms with Gasteiger partial charge in [0, 0.05) is 27.6 Å². The summed E-state index contributed by atoms with van der Waals surface area (Å²) in [5, 5.41) is 23.5. The predicted octanol–water partition coefficient (Wildman–Crippen LogP) is 6.68. The van der Waals surface area contributed by atoms with Crippen molar-refractivity contribution >= 4 is 28.0 Å². The minimum absolute atomic E-state index is 0.348. The predicted molar refractivity (Wildman–Crippen MR) is 152 cm³/mol. The number of pyridine rings is 1. The molecule has 39 heavy (non-hydrogen) atoms. The summed E-state index contributed by atoms with van der Waals surface area (Å²) in [6.45, 7) is 1.88. The highest BCUT2D eigenvalue weighted by Crippen LogP contribution is 2.32. The number of fused-ring (bicyclic) bond motifs is 1. The first kappa shape index (κ1) is 25.0. The minimum atomic E-state index is 0.348. The van der Waals surface area contributed by atoms with Crippen molar-refractivity contribution < 1.29 is 9.47 Å². The molecule has 0 aliphatic heterocycles. The zero-order valence-corrected chi connectivity index (χ0v) is 21.3. The third kappa shape index (κ3) is 5.39. The lowest BCUT2D eigenvalue weighted by Crippen LogP contribution is -2.02. The number of allylic oxidation sites excluding steroid dienone is 1. The average molecular weight is 510 g/mol. The fraction of sp³-hybridized carbons (Fsp3) is 0.0625. The fourth-order valence-corrected chi connectivity index (χ4v) is 4.13. The molecule has 7 nitrogen and oxygen atoms in total. The van der Waals surface area contributed by atoms with Crippen molar-refractivity contribution in [3.8, 4) is 41.2 Å². The van der Waals surface area contributed by atoms with E-state index in [0.717, 1.165) is 38.8 Å². The van der Waals surface area contributed by atoms with Crippen molar-refractivity contribution in [3.63, 3.8) is 0 Å². The standard InChI is InChI=1S/C32H23N5O2/c1-4-22-9-11-23(12-10-22)31-27-7-5-6-8-28(27)32(37-36-31)35-24-13-15-25(16-14-24)39-29(17-18-33)30-21(2)19-26(38-3)20-34-30/h1,5-17,19-20H,2-3H3,(H,35,37)/b29-17+. The lowest BCUT2D eigenvalue weighted by molar-refractivity contribution is 0.412. The summed E-state index contributed by atoms with van der Waals surface area (Å²) in [6.07, 6.45) is 8.42. The number of nitrogens with zero attached hydrogens (tertiary/aromatic N) is 4. The topological polar surface area (TPSA) is 93.0 Å². The molecule has 2 heterocycles. The number of methoxy groups -OCH3 is 1. The molecule has 2 aromatic heterocycles. The molecule has 0 saturated carbocycles. The van der Waals surface area contributed by atoms with Crippen LogP contribution in [0.5, 0.6) is 11.5 Å². The van der Waals surface area contributed by atoms with Crippen LogP contribution in [0.25, 0.3) is 27.8 Å². The second kappa shape index (κ2) is 11.2. The number of aryl methyl sites for hydroxylation is 1. The average Bonchev–Trinajstić information content (AvgIpc) is 2.98. The first-order valence-corrected chi connectivity index (χ1v) is 12.1. The Morgan fingerprint density at radius 2 is 1.69 bits per heavy atom. The van der Waals surface area contributed by atoms with E-state index in [0.29, 0.717) is 28.8 Å². The largest absolute Gasteiger partial charge is 0.495 e. The number of aromatic nitrogens is 3. The molecule has 0 amide bonds. The summed E-state index contributed by atoms with van der Waals surface area (Å²) in [5.41, 5.74) is 4.73. The zero-order chi connectivity index (χ0) is 27.2. The van der Waals surface area contributed by atoms with Crippen molar-refractivity contribution in [3.05, 3.63) is 108 Å². The number of terminal acetylenes is 1. The van der Waals surface area contributed by atoms with E-state index in [4.69, 9.17) is 15.9 Å². The highest BCUT2D eigenvalue weighted by molar-refractivity contribution is 6.00. The van der Waals surface area contributed by atoms with Crippen LogP contribution in [0.15, 0.2) is 91.1 Å². The molecule has 0 spiro atoms. The highest BCUT2D eigenvalue weighted by atomic mass is 16.5. The van der Waals surface area contributed by atoms with E-state index in [9.17, 15) is 5.26 Å². The third-order valence-electron chi connectivity index (χ3n) is 6.08. The molecule has 0 unspecified atom stereocenters. The number of anilines is 2. The van der Waals surface area contributed by atoms with E-state index in [-0.39, 0.29) is 0 Å². The van der Waals surface area contributed by atoms with Gasteiger partial charge in [0.05, 0.1) is 25.5 Å². The van der Waals surface area contributed by atoms with Gasteiger partial charge >= 0.3 is 0 Å². The first-order chi connectivity index (χ1) is 19.1. The van der Waals surface area contributed by atoms with Gasteiger partial charge in [-0.2, -0.15) is 5.26 Å². The molecule has 1 N–H and O–H groups in total. The number of nitriles is 1. The van der Waals surface area contributed by atoms with Crippen LogP contribution in [0.3, 0.4) is 0 Å². The molecule has 188 valence electrons. The Morgan fingerprint density at radius 1 is 0.949 bits per heavy atom. The van der Waals surface area contributed by atoms with E-state index in [2.05, 4.69) is 26.4 Å². The van der Waals surface area contributed by atoms with Gasteiger partial charge in [-0.15, -0.1) is 16.6 Å². The third-order valence-corrected chi connectivity index (χ3v) is 6.08. The maximum atomic E-state index is 9.29. The number of rotatable bonds is 7. The number of benzene rings is 3. The molecule has 3 aromatic carbocycles. The smallest absolute Gasteiger partial charge is 0.163 e. The van der Waals surface area contributed by atoms with Crippen molar-refractivity contribution in [2.45, 2.75) is 6.92 Å². The van der Waals surface area contributed by atoms with Crippen LogP contribution in [-0.4, -0.2) is 22.3 Å². The minimum Gasteiger partial charge on any atom is -0.495 e. The van der Waals surface area contributed by atoms with Crippen LogP contribution in [0.2, 0.25) is 0 Å². The quantitative estimate of drug-likeness (QED) is 0.149. The van der Waals surface area contributed by atoms with Gasteiger partial charge in [0.25, 0.3) is 0 Å². The number of ether oxygens (including phenoxy) is 2. The maximum Gasteiger partial charge on any atom is 0.163 e. The Balaban J connectivity index is 1.39. The normalized spacial score (nSPS) is 10.9. The molecule has 0 saturated heterocycles. The molecule has 0 radical (unpaired) electrons. The molecular formula is C32H23N5O2. The van der Waals surface area contributed by atoms with Gasteiger partial charge in [0.2, 0.25) is 0 Å². The van der Waals surface area contributed by atoms with E-state index >= 15 is 0 Å². The van der Waals surface area contributed by atoms with Crippen LogP contribution in [0, 0.1) is 30.6 Å². The van der Waals surface area contributed by atoms with Crippen molar-refractivity contribution in [2.75, 3.05) is 12.4 Å². The van der Waals surface area contributed by atoms with E-state index < -0.39 is 0 Å². The molecule has 0 aliphatic carbocycles. The molecule has 5 rings (SSSR count). The highest BCUT2D eigenvalue weighted by Gasteiger charge is 2.13. The molecule has 0 atom stereocenters. The molecule has 7 heteroatoms. The molecular weight excluding hydrogens is 486 g/mol. The maximum absolute atomic E-state index is 9.29. The molecule has 5 aromatic rings. The Kier molecular flexibility index (Phi) is 7.16. The van der Waals surface area contributed by atoms with E-state index in [1.807, 2.05) is 91.9 Å². The van der Waals surface area contributed by atoms with Crippen molar-refractivity contribution in [2.24, 2.45) is 0 Å². The van der Waals surface area contributed by atoms with Crippen LogP contribution >= 0.6 is 0 Å². The summed E-state index contributed by atoms with van der Waals surface area (Å²) in [7, 11) is 1.58. The Morgan fingerprint density at radius 3 is 2.36 bits per heavy atom. The lowest BCUT2D eigenvalue weighted by Gasteiger charge is -2.13. The summed E-state index contributed by atoms with van der Waals surface area (Å²) in [6, 6.07) is 26.9. The molecule has 0 fully saturated rings. The number of hydrogen-bond donors (Lipinski definition) is 1. The van der Waals surface area contributed by atoms with Crippen LogP contribution in [0.4, 0.5) is 11.5 Å². The molecule has 0 aliphatic rings. The molecule has 0 bridgehead atoms. The summed E-state index contributed by atoms with van der Waals surface area (Å²) < 4.78 is 11.2. The van der Waals surface area contributed by atoms with Gasteiger partial charge in [-0.05, 0) is 55.0 Å². The number of hydrogen-bond acceptors (Lipinski definition) is 7. The van der Waals surface area contributed by atoms with Crippen LogP contribution in [-0.2, 0) is 0 Å². The van der Waals surface area contributed by atoms with Gasteiger partial charge in [-0.3, -0.25) is 0 Å². The van der Waals surface area contributed by atoms with Gasteiger partial charge in [0.15, 0.2) is 11.6 Å². The first-order valence-electron chi connectivity index (χ1n) is 12.1. The van der Waals surface area contributed by atoms with E-state index in [1.54, 1.807) is 13.3 Å². The van der Waals surface area contributed by atoms with E-state index in [1.165, 1.54) is 6.08 Å². The zero-order valence-electron chi connectivity index (χ0n) is 21.3. The fourth-order valence-electron chi connectivity index (χ4n) is 4.13. The van der Waals surface area contributed by atoms with Gasteiger partial charge in [-0.25, -0.2) is 4.98 Å². The lowest BCUT2D eigenvalue weighted by atomic mass is 10.0. The van der Waals surface area contributed by atoms with Gasteiger partial charge in [-0.1, -0.05) is 42.3 Å². The SMILES string of the molecule is C#Cc1ccc(-c2nnc(Nc3ccc(O/C(=C/C#N)c4ncc(OC)cc4C)cc3)c3ccccc23)cc1.